The van der Waals surface area contributed by atoms with Crippen LogP contribution in [0.15, 0.2) is 107 Å². The molecule has 16 heteroatoms. The summed E-state index contributed by atoms with van der Waals surface area (Å²) in [7, 11) is -0.230. The molecule has 0 fully saturated rings. The molecular weight excluding hydrogens is 775 g/mol. The zero-order valence-corrected chi connectivity index (χ0v) is 31.9. The van der Waals surface area contributed by atoms with Crippen molar-refractivity contribution in [2.75, 3.05) is 11.5 Å². The third-order valence-electron chi connectivity index (χ3n) is 9.27. The monoisotopic (exact) mass is 806 g/mol. The van der Waals surface area contributed by atoms with Gasteiger partial charge in [0.2, 0.25) is 0 Å². The summed E-state index contributed by atoms with van der Waals surface area (Å²) >= 11 is 1.68. The van der Waals surface area contributed by atoms with E-state index in [1.54, 1.807) is 55.5 Å². The van der Waals surface area contributed by atoms with Crippen LogP contribution < -0.4 is 0 Å². The van der Waals surface area contributed by atoms with E-state index in [2.05, 4.69) is 32.9 Å². The molecule has 0 bridgehead atoms. The summed E-state index contributed by atoms with van der Waals surface area (Å²) in [6, 6.07) is 24.7. The molecule has 0 aliphatic rings. The van der Waals surface area contributed by atoms with E-state index in [1.165, 1.54) is 4.57 Å². The Morgan fingerprint density at radius 2 is 1.05 bits per heavy atom. The number of hydrogen-bond acceptors (Lipinski definition) is 7. The van der Waals surface area contributed by atoms with Crippen molar-refractivity contribution in [3.8, 4) is 22.8 Å². The molecule has 4 aromatic heterocycles. The lowest BCUT2D eigenvalue weighted by Gasteiger charge is -2.11. The number of sulfone groups is 1. The molecule has 0 radical (unpaired) electrons. The number of aromatic nitrogens is 6. The first-order valence-corrected chi connectivity index (χ1v) is 19.8. The number of halogens is 6. The van der Waals surface area contributed by atoms with E-state index in [9.17, 15) is 34.8 Å². The van der Waals surface area contributed by atoms with Gasteiger partial charge in [-0.1, -0.05) is 62.4 Å². The van der Waals surface area contributed by atoms with Crippen molar-refractivity contribution in [2.45, 2.75) is 36.0 Å². The number of hydrogen-bond donors (Lipinski definition) is 0. The highest BCUT2D eigenvalue weighted by Crippen LogP contribution is 2.38. The molecule has 0 amide bonds. The molecule has 0 saturated carbocycles. The van der Waals surface area contributed by atoms with E-state index in [0.717, 1.165) is 62.3 Å². The van der Waals surface area contributed by atoms with Crippen molar-refractivity contribution in [3.05, 3.63) is 108 Å². The Kier molecular flexibility index (Phi) is 10.1. The third-order valence-corrected chi connectivity index (χ3v) is 12.0. The summed E-state index contributed by atoms with van der Waals surface area (Å²) in [5, 5.41) is 3.73. The lowest BCUT2D eigenvalue weighted by molar-refractivity contribution is -0.138. The van der Waals surface area contributed by atoms with Crippen molar-refractivity contribution in [1.82, 2.24) is 29.1 Å². The fraction of sp³-hybridized carbons (Fsp3) is 0.200. The highest BCUT2D eigenvalue weighted by Gasteiger charge is 2.33. The van der Waals surface area contributed by atoms with Crippen molar-refractivity contribution in [1.29, 1.82) is 0 Å². The Labute approximate surface area is 321 Å². The molecule has 288 valence electrons. The Morgan fingerprint density at radius 1 is 0.625 bits per heavy atom. The SMILES string of the molecule is CCS(=O)(=O)c1cc2ccccc2cc1-c1nc2cc(C(F)(F)F)cnc2n1C.CCSc1cc2ccccc2cc1-c1nc2cc(C(F)(F)F)cnc2n1C. The van der Waals surface area contributed by atoms with Gasteiger partial charge in [0.15, 0.2) is 21.1 Å². The number of imidazole rings is 2. The summed E-state index contributed by atoms with van der Waals surface area (Å²) in [5.74, 6) is 1.62. The zero-order valence-electron chi connectivity index (χ0n) is 30.2. The molecule has 4 aromatic carbocycles. The molecule has 4 heterocycles. The van der Waals surface area contributed by atoms with E-state index < -0.39 is 33.3 Å². The number of alkyl halides is 6. The van der Waals surface area contributed by atoms with Gasteiger partial charge in [0.05, 0.1) is 21.8 Å². The van der Waals surface area contributed by atoms with Gasteiger partial charge in [-0.2, -0.15) is 26.3 Å². The van der Waals surface area contributed by atoms with Gasteiger partial charge in [0.25, 0.3) is 0 Å². The van der Waals surface area contributed by atoms with Crippen molar-refractivity contribution < 1.29 is 34.8 Å². The van der Waals surface area contributed by atoms with Crippen LogP contribution >= 0.6 is 11.8 Å². The average molecular weight is 807 g/mol. The number of pyridine rings is 2. The molecule has 0 spiro atoms. The predicted molar refractivity (Wildman–Crippen MR) is 207 cm³/mol. The van der Waals surface area contributed by atoms with E-state index in [4.69, 9.17) is 0 Å². The second-order valence-electron chi connectivity index (χ2n) is 12.8. The Morgan fingerprint density at radius 3 is 1.50 bits per heavy atom. The smallest absolute Gasteiger partial charge is 0.312 e. The molecule has 56 heavy (non-hydrogen) atoms. The molecule has 0 saturated heterocycles. The molecule has 8 rings (SSSR count). The lowest BCUT2D eigenvalue weighted by Crippen LogP contribution is -2.07. The first-order chi connectivity index (χ1) is 26.5. The average Bonchev–Trinajstić information content (AvgIpc) is 3.68. The van der Waals surface area contributed by atoms with Gasteiger partial charge in [-0.05, 0) is 63.7 Å². The molecular formula is C40H32F6N6O2S2. The highest BCUT2D eigenvalue weighted by molar-refractivity contribution is 7.99. The summed E-state index contributed by atoms with van der Waals surface area (Å²) in [5.41, 5.74) is 0.484. The zero-order chi connectivity index (χ0) is 40.2. The number of thioether (sulfide) groups is 1. The fourth-order valence-corrected chi connectivity index (χ4v) is 8.35. The minimum atomic E-state index is -4.54. The minimum Gasteiger partial charge on any atom is -0.312 e. The number of fused-ring (bicyclic) bond motifs is 4. The summed E-state index contributed by atoms with van der Waals surface area (Å²) in [6.07, 6.45) is -7.38. The van der Waals surface area contributed by atoms with Crippen LogP contribution in [0.1, 0.15) is 25.0 Å². The number of aryl methyl sites for hydroxylation is 2. The number of nitrogens with zero attached hydrogens (tertiary/aromatic N) is 6. The summed E-state index contributed by atoms with van der Waals surface area (Å²) in [4.78, 5) is 17.8. The van der Waals surface area contributed by atoms with Gasteiger partial charge >= 0.3 is 12.4 Å². The predicted octanol–water partition coefficient (Wildman–Crippen LogP) is 10.5. The molecule has 0 N–H and O–H groups in total. The maximum atomic E-state index is 13.0. The van der Waals surface area contributed by atoms with Crippen molar-refractivity contribution in [3.63, 3.8) is 0 Å². The fourth-order valence-electron chi connectivity index (χ4n) is 6.42. The van der Waals surface area contributed by atoms with Crippen molar-refractivity contribution in [2.24, 2.45) is 14.1 Å². The Bertz CT molecular complexity index is 2900. The molecule has 0 aliphatic heterocycles. The number of rotatable bonds is 6. The lowest BCUT2D eigenvalue weighted by atomic mass is 10.1. The third kappa shape index (κ3) is 7.30. The van der Waals surface area contributed by atoms with Gasteiger partial charge in [0.1, 0.15) is 22.7 Å². The van der Waals surface area contributed by atoms with Crippen LogP contribution in [0.5, 0.6) is 0 Å². The van der Waals surface area contributed by atoms with Gasteiger partial charge in [-0.15, -0.1) is 11.8 Å². The van der Waals surface area contributed by atoms with E-state index in [0.29, 0.717) is 17.0 Å². The standard InChI is InChI=1S/C20H16F3N3O2S.C20H16F3N3S/c1-3-29(27,28)17-9-13-7-5-4-6-12(13)8-15(17)18-25-16-10-14(20(21,22)23)11-24-19(16)26(18)2;1-3-27-17-9-13-7-5-4-6-12(13)8-15(17)18-25-16-10-14(20(21,22)23)11-24-19(16)26(18)2/h4-11H,3H2,1-2H3;4-11H,3H2,1-2H3. The Balaban J connectivity index is 0.000000172. The van der Waals surface area contributed by atoms with Gasteiger partial charge in [-0.3, -0.25) is 0 Å². The van der Waals surface area contributed by atoms with Crippen LogP contribution in [0.4, 0.5) is 26.3 Å². The van der Waals surface area contributed by atoms with E-state index in [1.807, 2.05) is 48.5 Å². The van der Waals surface area contributed by atoms with Crippen LogP contribution in [0.3, 0.4) is 0 Å². The topological polar surface area (TPSA) is 95.6 Å². The molecule has 8 nitrogen and oxygen atoms in total. The molecule has 0 unspecified atom stereocenters. The second kappa shape index (κ2) is 14.5. The Hall–Kier alpha value is -5.48. The van der Waals surface area contributed by atoms with Crippen LogP contribution in [0.2, 0.25) is 0 Å². The van der Waals surface area contributed by atoms with Gasteiger partial charge in [-0.25, -0.2) is 28.4 Å². The van der Waals surface area contributed by atoms with Crippen LogP contribution in [-0.2, 0) is 36.3 Å². The molecule has 0 atom stereocenters. The first kappa shape index (κ1) is 38.8. The maximum absolute atomic E-state index is 13.0. The van der Waals surface area contributed by atoms with Gasteiger partial charge < -0.3 is 9.13 Å². The summed E-state index contributed by atoms with van der Waals surface area (Å²) in [6.45, 7) is 3.61. The second-order valence-corrected chi connectivity index (χ2v) is 16.4. The van der Waals surface area contributed by atoms with Gasteiger partial charge in [0, 0.05) is 42.5 Å². The van der Waals surface area contributed by atoms with E-state index >= 15 is 0 Å². The largest absolute Gasteiger partial charge is 0.417 e. The first-order valence-electron chi connectivity index (χ1n) is 17.2. The molecule has 0 aliphatic carbocycles. The highest BCUT2D eigenvalue weighted by atomic mass is 32.2. The van der Waals surface area contributed by atoms with E-state index in [-0.39, 0.29) is 33.2 Å². The minimum absolute atomic E-state index is 0.0466. The normalized spacial score (nSPS) is 12.5. The van der Waals surface area contributed by atoms with Crippen LogP contribution in [0.25, 0.3) is 66.6 Å². The molecule has 8 aromatic rings. The summed E-state index contributed by atoms with van der Waals surface area (Å²) < 4.78 is 107. The van der Waals surface area contributed by atoms with Crippen LogP contribution in [0, 0.1) is 0 Å². The number of benzene rings is 4. The van der Waals surface area contributed by atoms with Crippen molar-refractivity contribution >= 4 is 65.5 Å². The maximum Gasteiger partial charge on any atom is 0.417 e. The quantitative estimate of drug-likeness (QED) is 0.122. The van der Waals surface area contributed by atoms with Crippen LogP contribution in [-0.4, -0.2) is 49.0 Å².